The molecule has 2 heterocycles. The Bertz CT molecular complexity index is 1250. The molecule has 1 fully saturated rings. The highest BCUT2D eigenvalue weighted by molar-refractivity contribution is 5.92. The van der Waals surface area contributed by atoms with Crippen LogP contribution in [0.4, 0.5) is 18.9 Å². The van der Waals surface area contributed by atoms with Gasteiger partial charge in [-0.25, -0.2) is 0 Å². The molecule has 0 bridgehead atoms. The number of halogens is 3. The zero-order valence-corrected chi connectivity index (χ0v) is 18.3. The molecule has 1 aliphatic rings. The van der Waals surface area contributed by atoms with Crippen LogP contribution < -0.4 is 0 Å². The van der Waals surface area contributed by atoms with Crippen LogP contribution in [0.25, 0.3) is 17.5 Å². The van der Waals surface area contributed by atoms with Crippen molar-refractivity contribution >= 4 is 17.7 Å². The van der Waals surface area contributed by atoms with Gasteiger partial charge < -0.3 is 9.42 Å². The van der Waals surface area contributed by atoms with Gasteiger partial charge in [0, 0.05) is 43.9 Å². The van der Waals surface area contributed by atoms with Crippen molar-refractivity contribution in [2.45, 2.75) is 12.7 Å². The smallest absolute Gasteiger partial charge is 0.338 e. The lowest BCUT2D eigenvalue weighted by atomic mass is 10.1. The molecule has 0 atom stereocenters. The van der Waals surface area contributed by atoms with Crippen molar-refractivity contribution < 1.29 is 27.4 Å². The molecule has 35 heavy (non-hydrogen) atoms. The maximum absolute atomic E-state index is 12.9. The summed E-state index contributed by atoms with van der Waals surface area (Å²) in [6.07, 6.45) is -1.72. The molecule has 0 saturated carbocycles. The minimum atomic E-state index is -4.47. The molecule has 0 spiro atoms. The first-order chi connectivity index (χ1) is 16.7. The van der Waals surface area contributed by atoms with Gasteiger partial charge in [-0.1, -0.05) is 29.4 Å². The number of alkyl halides is 3. The molecule has 1 aliphatic heterocycles. The first-order valence-corrected chi connectivity index (χ1v) is 10.6. The first kappa shape index (κ1) is 24.1. The number of aromatic nitrogens is 2. The molecule has 182 valence electrons. The quantitative estimate of drug-likeness (QED) is 0.294. The number of carbonyl (C=O) groups excluding carboxylic acids is 1. The molecule has 0 N–H and O–H groups in total. The van der Waals surface area contributed by atoms with E-state index in [0.29, 0.717) is 38.3 Å². The fourth-order valence-electron chi connectivity index (χ4n) is 3.65. The van der Waals surface area contributed by atoms with E-state index in [9.17, 15) is 28.1 Å². The number of nitrogens with zero attached hydrogens (tertiary/aromatic N) is 5. The lowest BCUT2D eigenvalue weighted by molar-refractivity contribution is -0.385. The Morgan fingerprint density at radius 1 is 1.11 bits per heavy atom. The summed E-state index contributed by atoms with van der Waals surface area (Å²) < 4.78 is 44.0. The first-order valence-electron chi connectivity index (χ1n) is 10.6. The lowest BCUT2D eigenvalue weighted by Gasteiger charge is -2.33. The van der Waals surface area contributed by atoms with Crippen LogP contribution in [-0.2, 0) is 17.5 Å². The number of para-hydroxylation sites is 1. The SMILES string of the molecule is O=C(/C=C/c1ccccc1[N+](=O)[O-])N1CCN(Cc2nc(-c3cccc(C(F)(F)F)c3)no2)CC1. The van der Waals surface area contributed by atoms with Crippen LogP contribution >= 0.6 is 0 Å². The number of rotatable bonds is 6. The zero-order valence-electron chi connectivity index (χ0n) is 18.3. The van der Waals surface area contributed by atoms with Gasteiger partial charge in [-0.2, -0.15) is 18.2 Å². The second-order valence-electron chi connectivity index (χ2n) is 7.84. The molecule has 12 heteroatoms. The van der Waals surface area contributed by atoms with Crippen LogP contribution in [0.1, 0.15) is 17.0 Å². The van der Waals surface area contributed by atoms with Gasteiger partial charge >= 0.3 is 6.18 Å². The maximum atomic E-state index is 12.9. The predicted molar refractivity (Wildman–Crippen MR) is 119 cm³/mol. The van der Waals surface area contributed by atoms with Crippen molar-refractivity contribution in [3.8, 4) is 11.4 Å². The number of nitro benzene ring substituents is 1. The molecule has 3 aromatic rings. The third kappa shape index (κ3) is 5.90. The Balaban J connectivity index is 1.32. The summed E-state index contributed by atoms with van der Waals surface area (Å²) in [6, 6.07) is 10.9. The zero-order chi connectivity index (χ0) is 25.0. The summed E-state index contributed by atoms with van der Waals surface area (Å²) in [4.78, 5) is 30.9. The molecule has 0 aliphatic carbocycles. The molecule has 2 aromatic carbocycles. The van der Waals surface area contributed by atoms with E-state index in [-0.39, 0.29) is 28.9 Å². The Morgan fingerprint density at radius 3 is 2.57 bits per heavy atom. The standard InChI is InChI=1S/C23H20F3N5O4/c24-23(25,26)18-6-3-5-17(14-18)22-27-20(35-28-22)15-29-10-12-30(13-11-29)21(32)9-8-16-4-1-2-7-19(16)31(33)34/h1-9,14H,10-13,15H2/b9-8+. The summed E-state index contributed by atoms with van der Waals surface area (Å²) in [5.74, 6) is 0.0703. The van der Waals surface area contributed by atoms with Gasteiger partial charge in [0.15, 0.2) is 0 Å². The summed E-state index contributed by atoms with van der Waals surface area (Å²) in [5, 5.41) is 14.9. The van der Waals surface area contributed by atoms with Gasteiger partial charge in [0.1, 0.15) is 0 Å². The number of amides is 1. The predicted octanol–water partition coefficient (Wildman–Crippen LogP) is 4.02. The molecule has 9 nitrogen and oxygen atoms in total. The lowest BCUT2D eigenvalue weighted by Crippen LogP contribution is -2.47. The van der Waals surface area contributed by atoms with Crippen LogP contribution in [0.5, 0.6) is 0 Å². The number of piperazine rings is 1. The van der Waals surface area contributed by atoms with Crippen molar-refractivity contribution in [2.75, 3.05) is 26.2 Å². The molecular formula is C23H20F3N5O4. The van der Waals surface area contributed by atoms with E-state index in [2.05, 4.69) is 10.1 Å². The van der Waals surface area contributed by atoms with Crippen molar-refractivity contribution in [1.82, 2.24) is 19.9 Å². The number of nitro groups is 1. The summed E-state index contributed by atoms with van der Waals surface area (Å²) >= 11 is 0. The second-order valence-corrected chi connectivity index (χ2v) is 7.84. The van der Waals surface area contributed by atoms with Crippen LogP contribution in [-0.4, -0.2) is 56.9 Å². The van der Waals surface area contributed by atoms with Crippen molar-refractivity contribution in [3.63, 3.8) is 0 Å². The largest absolute Gasteiger partial charge is 0.416 e. The van der Waals surface area contributed by atoms with E-state index in [1.54, 1.807) is 23.1 Å². The van der Waals surface area contributed by atoms with Crippen molar-refractivity contribution in [3.05, 3.63) is 81.7 Å². The fourth-order valence-corrected chi connectivity index (χ4v) is 3.65. The number of benzene rings is 2. The summed E-state index contributed by atoms with van der Waals surface area (Å²) in [6.45, 7) is 2.18. The maximum Gasteiger partial charge on any atom is 0.416 e. The van der Waals surface area contributed by atoms with E-state index in [1.807, 2.05) is 4.90 Å². The van der Waals surface area contributed by atoms with Gasteiger partial charge in [0.2, 0.25) is 17.6 Å². The highest BCUT2D eigenvalue weighted by Crippen LogP contribution is 2.31. The minimum Gasteiger partial charge on any atom is -0.338 e. The molecular weight excluding hydrogens is 467 g/mol. The monoisotopic (exact) mass is 487 g/mol. The average Bonchev–Trinajstić information content (AvgIpc) is 3.31. The van der Waals surface area contributed by atoms with Gasteiger partial charge in [-0.15, -0.1) is 0 Å². The Morgan fingerprint density at radius 2 is 1.86 bits per heavy atom. The number of carbonyl (C=O) groups is 1. The molecule has 4 rings (SSSR count). The van der Waals surface area contributed by atoms with Crippen LogP contribution in [0.15, 0.2) is 59.1 Å². The molecule has 1 saturated heterocycles. The van der Waals surface area contributed by atoms with E-state index < -0.39 is 16.7 Å². The number of hydrogen-bond acceptors (Lipinski definition) is 7. The molecule has 1 aromatic heterocycles. The Hall–Kier alpha value is -4.06. The van der Waals surface area contributed by atoms with E-state index in [4.69, 9.17) is 4.52 Å². The molecule has 0 unspecified atom stereocenters. The van der Waals surface area contributed by atoms with Crippen molar-refractivity contribution in [1.29, 1.82) is 0 Å². The third-order valence-corrected chi connectivity index (χ3v) is 5.50. The van der Waals surface area contributed by atoms with Crippen LogP contribution in [0, 0.1) is 10.1 Å². The highest BCUT2D eigenvalue weighted by atomic mass is 19.4. The number of hydrogen-bond donors (Lipinski definition) is 0. The third-order valence-electron chi connectivity index (χ3n) is 5.50. The van der Waals surface area contributed by atoms with E-state index >= 15 is 0 Å². The molecule has 0 radical (unpaired) electrons. The van der Waals surface area contributed by atoms with Gasteiger partial charge in [-0.05, 0) is 24.3 Å². The fraction of sp³-hybridized carbons (Fsp3) is 0.261. The second kappa shape index (κ2) is 10.1. The van der Waals surface area contributed by atoms with Crippen LogP contribution in [0.2, 0.25) is 0 Å². The van der Waals surface area contributed by atoms with Crippen LogP contribution in [0.3, 0.4) is 0 Å². The summed E-state index contributed by atoms with van der Waals surface area (Å²) in [5.41, 5.74) is -0.323. The summed E-state index contributed by atoms with van der Waals surface area (Å²) in [7, 11) is 0. The molecule has 1 amide bonds. The van der Waals surface area contributed by atoms with E-state index in [0.717, 1.165) is 12.1 Å². The Kier molecular flexibility index (Phi) is 6.92. The normalized spacial score (nSPS) is 15.0. The van der Waals surface area contributed by atoms with Gasteiger partial charge in [0.25, 0.3) is 5.69 Å². The average molecular weight is 487 g/mol. The topological polar surface area (TPSA) is 106 Å². The Labute approximate surface area is 197 Å². The highest BCUT2D eigenvalue weighted by Gasteiger charge is 2.31. The van der Waals surface area contributed by atoms with E-state index in [1.165, 1.54) is 30.4 Å². The van der Waals surface area contributed by atoms with Gasteiger partial charge in [0.05, 0.1) is 22.6 Å². The van der Waals surface area contributed by atoms with Gasteiger partial charge in [-0.3, -0.25) is 19.8 Å². The minimum absolute atomic E-state index is 0.0695. The van der Waals surface area contributed by atoms with Crippen molar-refractivity contribution in [2.24, 2.45) is 0 Å².